The summed E-state index contributed by atoms with van der Waals surface area (Å²) in [5.41, 5.74) is 7.74. The first-order valence-corrected chi connectivity index (χ1v) is 7.68. The Hall–Kier alpha value is -0.900. The Morgan fingerprint density at radius 1 is 1.10 bits per heavy atom. The molecule has 0 saturated heterocycles. The molecule has 1 aromatic rings. The van der Waals surface area contributed by atoms with Gasteiger partial charge in [0.2, 0.25) is 0 Å². The van der Waals surface area contributed by atoms with Gasteiger partial charge in [0.15, 0.2) is 0 Å². The summed E-state index contributed by atoms with van der Waals surface area (Å²) < 4.78 is 10.6. The molecular formula is C17H27NO2. The van der Waals surface area contributed by atoms with E-state index in [9.17, 15) is 0 Å². The Morgan fingerprint density at radius 3 is 2.65 bits per heavy atom. The van der Waals surface area contributed by atoms with Crippen LogP contribution in [0.25, 0.3) is 0 Å². The van der Waals surface area contributed by atoms with Crippen molar-refractivity contribution in [2.24, 2.45) is 11.7 Å². The second kappa shape index (κ2) is 8.40. The zero-order valence-corrected chi connectivity index (χ0v) is 12.5. The second-order valence-corrected chi connectivity index (χ2v) is 5.74. The van der Waals surface area contributed by atoms with Crippen molar-refractivity contribution in [1.29, 1.82) is 0 Å². The fraction of sp³-hybridized carbons (Fsp3) is 0.647. The van der Waals surface area contributed by atoms with E-state index < -0.39 is 0 Å². The van der Waals surface area contributed by atoms with Crippen LogP contribution in [-0.4, -0.2) is 33.0 Å². The highest BCUT2D eigenvalue weighted by molar-refractivity contribution is 5.20. The molecule has 2 N–H and O–H groups in total. The first-order valence-electron chi connectivity index (χ1n) is 7.68. The topological polar surface area (TPSA) is 44.5 Å². The van der Waals surface area contributed by atoms with Crippen molar-refractivity contribution >= 4 is 0 Å². The van der Waals surface area contributed by atoms with Gasteiger partial charge in [-0.3, -0.25) is 0 Å². The molecule has 2 rings (SSSR count). The van der Waals surface area contributed by atoms with Crippen molar-refractivity contribution in [3.05, 3.63) is 35.9 Å². The van der Waals surface area contributed by atoms with Gasteiger partial charge in [0.25, 0.3) is 0 Å². The highest BCUT2D eigenvalue weighted by Gasteiger charge is 2.28. The third kappa shape index (κ3) is 4.58. The average Bonchev–Trinajstić information content (AvgIpc) is 2.49. The predicted octanol–water partition coefficient (Wildman–Crippen LogP) is 2.95. The maximum Gasteiger partial charge on any atom is 0.0700 e. The summed E-state index contributed by atoms with van der Waals surface area (Å²) in [6, 6.07) is 11.2. The molecule has 0 aliphatic heterocycles. The smallest absolute Gasteiger partial charge is 0.0700 e. The summed E-state index contributed by atoms with van der Waals surface area (Å²) in [7, 11) is 1.70. The number of hydrogen-bond donors (Lipinski definition) is 1. The summed E-state index contributed by atoms with van der Waals surface area (Å²) in [6.45, 7) is 2.15. The molecule has 0 radical (unpaired) electrons. The van der Waals surface area contributed by atoms with Gasteiger partial charge in [-0.15, -0.1) is 0 Å². The first kappa shape index (κ1) is 15.5. The van der Waals surface area contributed by atoms with Gasteiger partial charge < -0.3 is 15.2 Å². The Kier molecular flexibility index (Phi) is 6.51. The number of methoxy groups -OCH3 is 1. The van der Waals surface area contributed by atoms with Crippen molar-refractivity contribution < 1.29 is 9.47 Å². The summed E-state index contributed by atoms with van der Waals surface area (Å²) in [5.74, 6) is 1.25. The molecule has 112 valence electrons. The SMILES string of the molecule is COCCOCCC1CC(c2ccccc2)CCC1N. The summed E-state index contributed by atoms with van der Waals surface area (Å²) in [5, 5.41) is 0. The number of hydrogen-bond acceptors (Lipinski definition) is 3. The van der Waals surface area contributed by atoms with Gasteiger partial charge in [-0.05, 0) is 43.1 Å². The van der Waals surface area contributed by atoms with Crippen LogP contribution >= 0.6 is 0 Å². The van der Waals surface area contributed by atoms with Crippen LogP contribution in [0.1, 0.15) is 37.2 Å². The van der Waals surface area contributed by atoms with Crippen molar-refractivity contribution in [3.8, 4) is 0 Å². The van der Waals surface area contributed by atoms with Crippen LogP contribution in [-0.2, 0) is 9.47 Å². The summed E-state index contributed by atoms with van der Waals surface area (Å²) in [6.07, 6.45) is 4.60. The lowest BCUT2D eigenvalue weighted by atomic mass is 9.74. The standard InChI is InChI=1S/C17H27NO2/c1-19-11-12-20-10-9-16-13-15(7-8-17(16)18)14-5-3-2-4-6-14/h2-6,15-17H,7-13,18H2,1H3. The fourth-order valence-corrected chi connectivity index (χ4v) is 3.13. The largest absolute Gasteiger partial charge is 0.382 e. The van der Waals surface area contributed by atoms with E-state index in [0.717, 1.165) is 19.4 Å². The molecule has 1 aliphatic carbocycles. The van der Waals surface area contributed by atoms with E-state index >= 15 is 0 Å². The Morgan fingerprint density at radius 2 is 1.90 bits per heavy atom. The second-order valence-electron chi connectivity index (χ2n) is 5.74. The molecule has 1 aliphatic rings. The molecule has 3 heteroatoms. The van der Waals surface area contributed by atoms with E-state index in [0.29, 0.717) is 31.1 Å². The Labute approximate surface area is 122 Å². The Balaban J connectivity index is 1.79. The van der Waals surface area contributed by atoms with Gasteiger partial charge in [-0.2, -0.15) is 0 Å². The van der Waals surface area contributed by atoms with Crippen molar-refractivity contribution in [2.45, 2.75) is 37.6 Å². The zero-order chi connectivity index (χ0) is 14.2. The highest BCUT2D eigenvalue weighted by Crippen LogP contribution is 2.36. The lowest BCUT2D eigenvalue weighted by Crippen LogP contribution is -2.36. The third-order valence-electron chi connectivity index (χ3n) is 4.38. The van der Waals surface area contributed by atoms with Gasteiger partial charge in [-0.25, -0.2) is 0 Å². The molecule has 1 aromatic carbocycles. The van der Waals surface area contributed by atoms with Gasteiger partial charge >= 0.3 is 0 Å². The monoisotopic (exact) mass is 277 g/mol. The van der Waals surface area contributed by atoms with E-state index in [-0.39, 0.29) is 0 Å². The van der Waals surface area contributed by atoms with E-state index in [4.69, 9.17) is 15.2 Å². The number of nitrogens with two attached hydrogens (primary N) is 1. The van der Waals surface area contributed by atoms with Crippen molar-refractivity contribution in [1.82, 2.24) is 0 Å². The van der Waals surface area contributed by atoms with Crippen molar-refractivity contribution in [3.63, 3.8) is 0 Å². The van der Waals surface area contributed by atoms with Gasteiger partial charge in [0, 0.05) is 19.8 Å². The van der Waals surface area contributed by atoms with Crippen LogP contribution in [0.3, 0.4) is 0 Å². The molecule has 0 heterocycles. The van der Waals surface area contributed by atoms with Crippen LogP contribution in [0.15, 0.2) is 30.3 Å². The molecule has 0 amide bonds. The predicted molar refractivity (Wildman–Crippen MR) is 81.8 cm³/mol. The number of rotatable bonds is 7. The molecule has 3 nitrogen and oxygen atoms in total. The fourth-order valence-electron chi connectivity index (χ4n) is 3.13. The van der Waals surface area contributed by atoms with E-state index in [2.05, 4.69) is 30.3 Å². The van der Waals surface area contributed by atoms with Gasteiger partial charge in [-0.1, -0.05) is 30.3 Å². The minimum Gasteiger partial charge on any atom is -0.382 e. The molecule has 3 unspecified atom stereocenters. The maximum atomic E-state index is 6.28. The molecule has 20 heavy (non-hydrogen) atoms. The Bertz CT molecular complexity index is 369. The van der Waals surface area contributed by atoms with E-state index in [1.54, 1.807) is 7.11 Å². The van der Waals surface area contributed by atoms with Crippen LogP contribution in [0.5, 0.6) is 0 Å². The maximum absolute atomic E-state index is 6.28. The normalized spacial score (nSPS) is 26.6. The van der Waals surface area contributed by atoms with Crippen LogP contribution in [0, 0.1) is 5.92 Å². The summed E-state index contributed by atoms with van der Waals surface area (Å²) >= 11 is 0. The molecule has 0 aromatic heterocycles. The number of ether oxygens (including phenoxy) is 2. The molecule has 1 fully saturated rings. The lowest BCUT2D eigenvalue weighted by molar-refractivity contribution is 0.0586. The quantitative estimate of drug-likeness (QED) is 0.779. The number of benzene rings is 1. The summed E-state index contributed by atoms with van der Waals surface area (Å²) in [4.78, 5) is 0. The van der Waals surface area contributed by atoms with E-state index in [1.807, 2.05) is 0 Å². The van der Waals surface area contributed by atoms with Crippen LogP contribution in [0.2, 0.25) is 0 Å². The van der Waals surface area contributed by atoms with Crippen molar-refractivity contribution in [2.75, 3.05) is 26.9 Å². The zero-order valence-electron chi connectivity index (χ0n) is 12.5. The molecule has 3 atom stereocenters. The third-order valence-corrected chi connectivity index (χ3v) is 4.38. The van der Waals surface area contributed by atoms with Gasteiger partial charge in [0.1, 0.15) is 0 Å². The molecular weight excluding hydrogens is 250 g/mol. The lowest BCUT2D eigenvalue weighted by Gasteiger charge is -2.34. The minimum atomic E-state index is 0.334. The first-order chi connectivity index (χ1) is 9.81. The molecule has 1 saturated carbocycles. The van der Waals surface area contributed by atoms with Gasteiger partial charge in [0.05, 0.1) is 13.2 Å². The van der Waals surface area contributed by atoms with Crippen LogP contribution in [0.4, 0.5) is 0 Å². The minimum absolute atomic E-state index is 0.334. The van der Waals surface area contributed by atoms with E-state index in [1.165, 1.54) is 18.4 Å². The highest BCUT2D eigenvalue weighted by atomic mass is 16.5. The molecule has 0 bridgehead atoms. The van der Waals surface area contributed by atoms with Crippen LogP contribution < -0.4 is 5.73 Å². The molecule has 0 spiro atoms. The average molecular weight is 277 g/mol.